The van der Waals surface area contributed by atoms with E-state index in [1.54, 1.807) is 5.38 Å². The first kappa shape index (κ1) is 21.0. The molecule has 29 heavy (non-hydrogen) atoms. The van der Waals surface area contributed by atoms with Gasteiger partial charge in [-0.25, -0.2) is 13.2 Å². The van der Waals surface area contributed by atoms with Crippen LogP contribution >= 0.6 is 11.3 Å². The fourth-order valence-corrected chi connectivity index (χ4v) is 5.21. The van der Waals surface area contributed by atoms with Crippen LogP contribution in [0.4, 0.5) is 5.00 Å². The molecular formula is C18H19N3O6S2. The molecule has 2 amide bonds. The molecule has 0 spiro atoms. The molecule has 3 N–H and O–H groups in total. The van der Waals surface area contributed by atoms with Crippen molar-refractivity contribution in [2.24, 2.45) is 5.73 Å². The number of ether oxygens (including phenoxy) is 1. The Hall–Kier alpha value is -2.76. The van der Waals surface area contributed by atoms with Crippen LogP contribution in [0.15, 0.2) is 40.6 Å². The average molecular weight is 437 g/mol. The Balaban J connectivity index is 1.63. The van der Waals surface area contributed by atoms with Crippen molar-refractivity contribution >= 4 is 44.1 Å². The van der Waals surface area contributed by atoms with Crippen LogP contribution < -0.4 is 11.1 Å². The second kappa shape index (κ2) is 8.72. The summed E-state index contributed by atoms with van der Waals surface area (Å²) in [5.41, 5.74) is 5.39. The number of amides is 2. The van der Waals surface area contributed by atoms with E-state index in [9.17, 15) is 22.8 Å². The third kappa shape index (κ3) is 4.81. The second-order valence-electron chi connectivity index (χ2n) is 6.29. The standard InChI is InChI=1S/C18H19N3O6S2/c19-16(23)14-6-9-28-17(14)20-15(22)11-27-18(24)12-4-3-5-13(10-12)29(25,26)21-7-1-2-8-21/h3-6,9-10H,1-2,7-8,11H2,(H2,19,23)(H,20,22). The molecule has 1 aliphatic rings. The van der Waals surface area contributed by atoms with Gasteiger partial charge in [0.2, 0.25) is 10.0 Å². The van der Waals surface area contributed by atoms with Gasteiger partial charge in [0.1, 0.15) is 5.00 Å². The molecule has 2 heterocycles. The van der Waals surface area contributed by atoms with Gasteiger partial charge < -0.3 is 15.8 Å². The monoisotopic (exact) mass is 437 g/mol. The topological polar surface area (TPSA) is 136 Å². The molecule has 0 unspecified atom stereocenters. The summed E-state index contributed by atoms with van der Waals surface area (Å²) in [6.45, 7) is 0.304. The summed E-state index contributed by atoms with van der Waals surface area (Å²) >= 11 is 1.11. The van der Waals surface area contributed by atoms with Crippen LogP contribution in [0.2, 0.25) is 0 Å². The van der Waals surface area contributed by atoms with Crippen molar-refractivity contribution in [1.29, 1.82) is 0 Å². The van der Waals surface area contributed by atoms with Gasteiger partial charge in [-0.1, -0.05) is 6.07 Å². The van der Waals surface area contributed by atoms with E-state index in [-0.39, 0.29) is 21.0 Å². The number of primary amides is 1. The van der Waals surface area contributed by atoms with Crippen LogP contribution in [0.25, 0.3) is 0 Å². The zero-order chi connectivity index (χ0) is 21.0. The Kier molecular flexibility index (Phi) is 6.30. The predicted molar refractivity (Wildman–Crippen MR) is 106 cm³/mol. The van der Waals surface area contributed by atoms with Crippen molar-refractivity contribution < 1.29 is 27.5 Å². The Labute approximate surface area is 171 Å². The zero-order valence-corrected chi connectivity index (χ0v) is 16.9. The summed E-state index contributed by atoms with van der Waals surface area (Å²) in [6, 6.07) is 6.98. The number of esters is 1. The number of anilines is 1. The van der Waals surface area contributed by atoms with E-state index in [0.29, 0.717) is 13.1 Å². The Morgan fingerprint density at radius 2 is 1.90 bits per heavy atom. The lowest BCUT2D eigenvalue weighted by molar-refractivity contribution is -0.119. The molecule has 3 rings (SSSR count). The molecule has 0 atom stereocenters. The molecule has 1 aliphatic heterocycles. The summed E-state index contributed by atoms with van der Waals surface area (Å²) in [5, 5.41) is 4.30. The van der Waals surface area contributed by atoms with E-state index < -0.39 is 34.4 Å². The summed E-state index contributed by atoms with van der Waals surface area (Å²) in [4.78, 5) is 35.5. The van der Waals surface area contributed by atoms with Gasteiger partial charge in [0, 0.05) is 13.1 Å². The molecule has 0 bridgehead atoms. The summed E-state index contributed by atoms with van der Waals surface area (Å²) in [5.74, 6) is -2.17. The fourth-order valence-electron chi connectivity index (χ4n) is 2.84. The van der Waals surface area contributed by atoms with E-state index in [2.05, 4.69) is 5.32 Å². The number of hydrogen-bond donors (Lipinski definition) is 2. The lowest BCUT2D eigenvalue weighted by atomic mass is 10.2. The van der Waals surface area contributed by atoms with Crippen LogP contribution in [0, 0.1) is 0 Å². The Morgan fingerprint density at radius 1 is 1.17 bits per heavy atom. The van der Waals surface area contributed by atoms with Crippen molar-refractivity contribution in [1.82, 2.24) is 4.31 Å². The van der Waals surface area contributed by atoms with Crippen LogP contribution in [-0.2, 0) is 19.6 Å². The number of hydrogen-bond acceptors (Lipinski definition) is 7. The first-order valence-corrected chi connectivity index (χ1v) is 11.1. The average Bonchev–Trinajstić information content (AvgIpc) is 3.38. The predicted octanol–water partition coefficient (Wildman–Crippen LogP) is 1.43. The minimum atomic E-state index is -3.67. The van der Waals surface area contributed by atoms with Gasteiger partial charge in [0.05, 0.1) is 16.0 Å². The Bertz CT molecular complexity index is 1040. The highest BCUT2D eigenvalue weighted by atomic mass is 32.2. The highest BCUT2D eigenvalue weighted by Gasteiger charge is 2.27. The molecule has 0 saturated carbocycles. The normalized spacial score (nSPS) is 14.5. The number of sulfonamides is 1. The van der Waals surface area contributed by atoms with Crippen molar-refractivity contribution in [3.63, 3.8) is 0 Å². The SMILES string of the molecule is NC(=O)c1ccsc1NC(=O)COC(=O)c1cccc(S(=O)(=O)N2CCCC2)c1. The first-order valence-electron chi connectivity index (χ1n) is 8.73. The number of thiophene rings is 1. The molecule has 1 fully saturated rings. The molecule has 11 heteroatoms. The maximum atomic E-state index is 12.6. The highest BCUT2D eigenvalue weighted by molar-refractivity contribution is 7.89. The quantitative estimate of drug-likeness (QED) is 0.629. The van der Waals surface area contributed by atoms with Crippen molar-refractivity contribution in [3.05, 3.63) is 46.8 Å². The van der Waals surface area contributed by atoms with Crippen molar-refractivity contribution in [2.45, 2.75) is 17.7 Å². The lowest BCUT2D eigenvalue weighted by Crippen LogP contribution is -2.28. The van der Waals surface area contributed by atoms with E-state index in [1.807, 2.05) is 0 Å². The molecule has 0 radical (unpaired) electrons. The molecule has 154 valence electrons. The minimum Gasteiger partial charge on any atom is -0.452 e. The van der Waals surface area contributed by atoms with Gasteiger partial charge in [-0.3, -0.25) is 9.59 Å². The molecule has 0 aliphatic carbocycles. The fraction of sp³-hybridized carbons (Fsp3) is 0.278. The maximum Gasteiger partial charge on any atom is 0.338 e. The molecule has 1 aromatic carbocycles. The lowest BCUT2D eigenvalue weighted by Gasteiger charge is -2.15. The molecular weight excluding hydrogens is 418 g/mol. The van der Waals surface area contributed by atoms with Gasteiger partial charge in [0.25, 0.3) is 11.8 Å². The Morgan fingerprint density at radius 3 is 2.59 bits per heavy atom. The first-order chi connectivity index (χ1) is 13.8. The van der Waals surface area contributed by atoms with Gasteiger partial charge >= 0.3 is 5.97 Å². The van der Waals surface area contributed by atoms with Crippen molar-refractivity contribution in [2.75, 3.05) is 25.0 Å². The van der Waals surface area contributed by atoms with E-state index in [0.717, 1.165) is 24.2 Å². The molecule has 9 nitrogen and oxygen atoms in total. The molecule has 1 saturated heterocycles. The number of carbonyl (C=O) groups is 3. The summed E-state index contributed by atoms with van der Waals surface area (Å²) in [6.07, 6.45) is 1.61. The van der Waals surface area contributed by atoms with Gasteiger partial charge in [-0.2, -0.15) is 4.31 Å². The summed E-state index contributed by atoms with van der Waals surface area (Å²) < 4.78 is 31.6. The number of rotatable bonds is 7. The van der Waals surface area contributed by atoms with Crippen LogP contribution in [0.5, 0.6) is 0 Å². The van der Waals surface area contributed by atoms with E-state index in [4.69, 9.17) is 10.5 Å². The second-order valence-corrected chi connectivity index (χ2v) is 9.15. The number of nitrogens with zero attached hydrogens (tertiary/aromatic N) is 1. The van der Waals surface area contributed by atoms with E-state index in [1.165, 1.54) is 34.6 Å². The van der Waals surface area contributed by atoms with Crippen LogP contribution in [0.3, 0.4) is 0 Å². The smallest absolute Gasteiger partial charge is 0.338 e. The van der Waals surface area contributed by atoms with Gasteiger partial charge in [-0.15, -0.1) is 11.3 Å². The third-order valence-corrected chi connectivity index (χ3v) is 7.02. The van der Waals surface area contributed by atoms with Crippen LogP contribution in [0.1, 0.15) is 33.6 Å². The van der Waals surface area contributed by atoms with Gasteiger partial charge in [-0.05, 0) is 42.5 Å². The van der Waals surface area contributed by atoms with Gasteiger partial charge in [0.15, 0.2) is 6.61 Å². The number of carbonyl (C=O) groups excluding carboxylic acids is 3. The third-order valence-electron chi connectivity index (χ3n) is 4.29. The largest absolute Gasteiger partial charge is 0.452 e. The molecule has 2 aromatic rings. The zero-order valence-electron chi connectivity index (χ0n) is 15.3. The minimum absolute atomic E-state index is 0.00277. The number of nitrogens with one attached hydrogen (secondary N) is 1. The van der Waals surface area contributed by atoms with E-state index >= 15 is 0 Å². The summed E-state index contributed by atoms with van der Waals surface area (Å²) in [7, 11) is -3.67. The number of nitrogens with two attached hydrogens (primary N) is 1. The number of benzene rings is 1. The van der Waals surface area contributed by atoms with Crippen LogP contribution in [-0.4, -0.2) is 50.2 Å². The van der Waals surface area contributed by atoms with Crippen molar-refractivity contribution in [3.8, 4) is 0 Å². The highest BCUT2D eigenvalue weighted by Crippen LogP contribution is 2.23. The molecule has 1 aromatic heterocycles. The maximum absolute atomic E-state index is 12.6.